The summed E-state index contributed by atoms with van der Waals surface area (Å²) < 4.78 is 2.62. The Morgan fingerprint density at radius 1 is 0.371 bits per heavy atom. The summed E-state index contributed by atoms with van der Waals surface area (Å²) >= 11 is 1.88. The van der Waals surface area contributed by atoms with Crippen LogP contribution in [0.15, 0.2) is 206 Å². The third-order valence-electron chi connectivity index (χ3n) is 13.5. The van der Waals surface area contributed by atoms with E-state index < -0.39 is 0 Å². The molecule has 2 heteroatoms. The first-order valence-electron chi connectivity index (χ1n) is 22.2. The van der Waals surface area contributed by atoms with E-state index in [0.29, 0.717) is 5.92 Å². The minimum Gasteiger partial charge on any atom is -0.309 e. The van der Waals surface area contributed by atoms with Crippen LogP contribution in [0.2, 0.25) is 0 Å². The second-order valence-corrected chi connectivity index (χ2v) is 18.1. The van der Waals surface area contributed by atoms with Crippen molar-refractivity contribution >= 4 is 80.9 Å². The van der Waals surface area contributed by atoms with E-state index in [2.05, 4.69) is 211 Å². The molecular formula is C60H45NS. The molecule has 11 aromatic rings. The minimum atomic E-state index is 0.577. The largest absolute Gasteiger partial charge is 0.309 e. The zero-order valence-corrected chi connectivity index (χ0v) is 35.4. The lowest BCUT2D eigenvalue weighted by atomic mass is 9.80. The SMILES string of the molecule is c1cc(-c2cccc3c2ccc2ccccc23)cc(N(c2ccccc2-c2cccc3cccc(C4CCCCC4)c23)c2ccccc2-c2cccc3sc4ccccc4c23)c1. The van der Waals surface area contributed by atoms with Crippen LogP contribution >= 0.6 is 11.3 Å². The fourth-order valence-corrected chi connectivity index (χ4v) is 11.8. The van der Waals surface area contributed by atoms with Crippen molar-refractivity contribution in [2.45, 2.75) is 38.0 Å². The van der Waals surface area contributed by atoms with Gasteiger partial charge in [0.1, 0.15) is 0 Å². The smallest absolute Gasteiger partial charge is 0.0540 e. The van der Waals surface area contributed by atoms with Gasteiger partial charge in [0.25, 0.3) is 0 Å². The van der Waals surface area contributed by atoms with Gasteiger partial charge in [0.05, 0.1) is 11.4 Å². The number of rotatable bonds is 7. The second kappa shape index (κ2) is 15.5. The Hall–Kier alpha value is -7.00. The van der Waals surface area contributed by atoms with E-state index in [1.165, 1.54) is 124 Å². The summed E-state index contributed by atoms with van der Waals surface area (Å²) in [5.74, 6) is 0.577. The standard InChI is InChI=1S/C60H45NS/c1-2-17-40(18-3-1)47-29-13-20-42-21-14-31-52(59(42)47)50-25-6-9-33-55(50)61(56-34-10-7-26-51(56)53-32-16-36-58-60(53)54-27-8-11-35-57(54)62-58)44-23-12-22-43(39-44)46-28-15-30-48-45-24-5-4-19-41(45)37-38-49(46)48/h4-16,19-40H,1-3,17-18H2. The average Bonchev–Trinajstić information content (AvgIpc) is 3.73. The molecule has 1 aliphatic rings. The molecule has 1 nitrogen and oxygen atoms in total. The lowest BCUT2D eigenvalue weighted by molar-refractivity contribution is 0.445. The Balaban J connectivity index is 1.12. The summed E-state index contributed by atoms with van der Waals surface area (Å²) in [5, 5.41) is 10.4. The van der Waals surface area contributed by atoms with Crippen molar-refractivity contribution in [3.8, 4) is 33.4 Å². The molecule has 1 heterocycles. The van der Waals surface area contributed by atoms with E-state index in [9.17, 15) is 0 Å². The summed E-state index contributed by atoms with van der Waals surface area (Å²) in [7, 11) is 0. The monoisotopic (exact) mass is 811 g/mol. The second-order valence-electron chi connectivity index (χ2n) is 17.0. The normalized spacial score (nSPS) is 13.4. The molecule has 12 rings (SSSR count). The van der Waals surface area contributed by atoms with Gasteiger partial charge >= 0.3 is 0 Å². The molecular weight excluding hydrogens is 767 g/mol. The van der Waals surface area contributed by atoms with Crippen LogP contribution in [0.25, 0.3) is 85.9 Å². The zero-order chi connectivity index (χ0) is 41.0. The van der Waals surface area contributed by atoms with E-state index in [0.717, 1.165) is 17.1 Å². The molecule has 62 heavy (non-hydrogen) atoms. The van der Waals surface area contributed by atoms with Gasteiger partial charge in [0.15, 0.2) is 0 Å². The maximum absolute atomic E-state index is 2.55. The Kier molecular flexibility index (Phi) is 9.19. The molecule has 0 unspecified atom stereocenters. The molecule has 1 aromatic heterocycles. The van der Waals surface area contributed by atoms with Crippen LogP contribution < -0.4 is 4.90 Å². The molecule has 0 bridgehead atoms. The number of para-hydroxylation sites is 2. The van der Waals surface area contributed by atoms with Crippen molar-refractivity contribution < 1.29 is 0 Å². The van der Waals surface area contributed by atoms with Gasteiger partial charge in [-0.2, -0.15) is 0 Å². The van der Waals surface area contributed by atoms with Gasteiger partial charge in [-0.05, 0) is 115 Å². The molecule has 1 fully saturated rings. The maximum atomic E-state index is 2.55. The van der Waals surface area contributed by atoms with Crippen molar-refractivity contribution in [3.05, 3.63) is 212 Å². The van der Waals surface area contributed by atoms with Crippen LogP contribution in [0.5, 0.6) is 0 Å². The third kappa shape index (κ3) is 6.20. The Morgan fingerprint density at radius 3 is 1.77 bits per heavy atom. The van der Waals surface area contributed by atoms with Crippen LogP contribution in [0.3, 0.4) is 0 Å². The first-order chi connectivity index (χ1) is 30.8. The summed E-state index contributed by atoms with van der Waals surface area (Å²) in [6, 6.07) is 77.1. The average molecular weight is 812 g/mol. The topological polar surface area (TPSA) is 3.24 Å². The Morgan fingerprint density at radius 2 is 0.952 bits per heavy atom. The van der Waals surface area contributed by atoms with E-state index in [-0.39, 0.29) is 0 Å². The molecule has 1 saturated carbocycles. The van der Waals surface area contributed by atoms with Crippen molar-refractivity contribution in [1.82, 2.24) is 0 Å². The van der Waals surface area contributed by atoms with Crippen molar-refractivity contribution in [2.24, 2.45) is 0 Å². The summed E-state index contributed by atoms with van der Waals surface area (Å²) in [4.78, 5) is 2.55. The number of nitrogens with zero attached hydrogens (tertiary/aromatic N) is 1. The Labute approximate surface area is 367 Å². The van der Waals surface area contributed by atoms with E-state index in [1.807, 2.05) is 11.3 Å². The molecule has 1 aliphatic carbocycles. The molecule has 10 aromatic carbocycles. The van der Waals surface area contributed by atoms with Crippen LogP contribution in [-0.2, 0) is 0 Å². The van der Waals surface area contributed by atoms with Gasteiger partial charge in [0.2, 0.25) is 0 Å². The quantitative estimate of drug-likeness (QED) is 0.145. The number of fused-ring (bicyclic) bond motifs is 7. The molecule has 0 aliphatic heterocycles. The highest BCUT2D eigenvalue weighted by Crippen LogP contribution is 2.50. The van der Waals surface area contributed by atoms with Crippen LogP contribution in [0.4, 0.5) is 17.1 Å². The van der Waals surface area contributed by atoms with Crippen LogP contribution in [-0.4, -0.2) is 0 Å². The maximum Gasteiger partial charge on any atom is 0.0540 e. The number of anilines is 3. The lowest BCUT2D eigenvalue weighted by Gasteiger charge is -2.31. The molecule has 0 radical (unpaired) electrons. The number of hydrogen-bond acceptors (Lipinski definition) is 2. The fraction of sp³-hybridized carbons (Fsp3) is 0.100. The predicted molar refractivity (Wildman–Crippen MR) is 269 cm³/mol. The van der Waals surface area contributed by atoms with E-state index >= 15 is 0 Å². The van der Waals surface area contributed by atoms with Gasteiger partial charge in [0, 0.05) is 37.0 Å². The van der Waals surface area contributed by atoms with E-state index in [4.69, 9.17) is 0 Å². The third-order valence-corrected chi connectivity index (χ3v) is 14.6. The summed E-state index contributed by atoms with van der Waals surface area (Å²) in [6.45, 7) is 0. The molecule has 0 spiro atoms. The summed E-state index contributed by atoms with van der Waals surface area (Å²) in [5.41, 5.74) is 12.3. The van der Waals surface area contributed by atoms with Crippen molar-refractivity contribution in [2.75, 3.05) is 4.90 Å². The van der Waals surface area contributed by atoms with Crippen LogP contribution in [0.1, 0.15) is 43.6 Å². The van der Waals surface area contributed by atoms with Gasteiger partial charge in [-0.25, -0.2) is 0 Å². The molecule has 0 amide bonds. The molecule has 296 valence electrons. The molecule has 0 atom stereocenters. The number of hydrogen-bond donors (Lipinski definition) is 0. The highest BCUT2D eigenvalue weighted by Gasteiger charge is 2.25. The van der Waals surface area contributed by atoms with Crippen molar-refractivity contribution in [1.29, 1.82) is 0 Å². The van der Waals surface area contributed by atoms with Gasteiger partial charge < -0.3 is 4.90 Å². The van der Waals surface area contributed by atoms with Gasteiger partial charge in [-0.15, -0.1) is 11.3 Å². The minimum absolute atomic E-state index is 0.577. The Bertz CT molecular complexity index is 3470. The first-order valence-corrected chi connectivity index (χ1v) is 23.0. The first kappa shape index (κ1) is 36.8. The lowest BCUT2D eigenvalue weighted by Crippen LogP contribution is -2.13. The molecule has 0 N–H and O–H groups in total. The highest BCUT2D eigenvalue weighted by atomic mass is 32.1. The van der Waals surface area contributed by atoms with Crippen LogP contribution in [0, 0.1) is 0 Å². The highest BCUT2D eigenvalue weighted by molar-refractivity contribution is 7.25. The molecule has 0 saturated heterocycles. The number of thiophene rings is 1. The fourth-order valence-electron chi connectivity index (χ4n) is 10.7. The summed E-state index contributed by atoms with van der Waals surface area (Å²) in [6.07, 6.45) is 6.47. The predicted octanol–water partition coefficient (Wildman–Crippen LogP) is 18.0. The zero-order valence-electron chi connectivity index (χ0n) is 34.6. The van der Waals surface area contributed by atoms with Gasteiger partial charge in [-0.1, -0.05) is 189 Å². The number of benzene rings is 10. The van der Waals surface area contributed by atoms with Gasteiger partial charge in [-0.3, -0.25) is 0 Å². The van der Waals surface area contributed by atoms with E-state index in [1.54, 1.807) is 0 Å². The van der Waals surface area contributed by atoms with Crippen molar-refractivity contribution in [3.63, 3.8) is 0 Å².